The lowest BCUT2D eigenvalue weighted by Crippen LogP contribution is -1.95. The Bertz CT molecular complexity index is 856. The maximum absolute atomic E-state index is 11.3. The zero-order valence-corrected chi connectivity index (χ0v) is 15.4. The molecule has 2 rings (SSSR count). The van der Waals surface area contributed by atoms with E-state index in [0.29, 0.717) is 0 Å². The van der Waals surface area contributed by atoms with Gasteiger partial charge in [-0.1, -0.05) is 54.1 Å². The van der Waals surface area contributed by atoms with Crippen molar-refractivity contribution in [3.8, 4) is 0 Å². The molecule has 0 fully saturated rings. The van der Waals surface area contributed by atoms with Gasteiger partial charge in [-0.05, 0) is 36.1 Å². The van der Waals surface area contributed by atoms with Gasteiger partial charge in [0, 0.05) is 0 Å². The van der Waals surface area contributed by atoms with E-state index >= 15 is 0 Å². The second kappa shape index (κ2) is 8.39. The van der Waals surface area contributed by atoms with E-state index in [2.05, 4.69) is 39.2 Å². The predicted molar refractivity (Wildman–Crippen MR) is 94.9 cm³/mol. The summed E-state index contributed by atoms with van der Waals surface area (Å²) < 4.78 is 30.1. The summed E-state index contributed by atoms with van der Waals surface area (Å²) in [5, 5.41) is 2.34. The number of benzene rings is 2. The fourth-order valence-corrected chi connectivity index (χ4v) is 3.80. The summed E-state index contributed by atoms with van der Waals surface area (Å²) in [5.74, 6) is 0. The van der Waals surface area contributed by atoms with Crippen molar-refractivity contribution >= 4 is 26.4 Å². The molecule has 0 radical (unpaired) electrons. The molecule has 0 saturated heterocycles. The molecule has 0 aliphatic heterocycles. The first-order valence-corrected chi connectivity index (χ1v) is 10.5. The molecule has 0 amide bonds. The molecule has 0 spiro atoms. The first-order valence-electron chi connectivity index (χ1n) is 7.52. The number of hydrogen-bond donors (Lipinski definition) is 3. The molecular formula is C16H20O7P2. The molecule has 25 heavy (non-hydrogen) atoms. The first-order chi connectivity index (χ1) is 11.6. The smallest absolute Gasteiger partial charge is 0.302 e. The molecule has 2 aromatic rings. The summed E-state index contributed by atoms with van der Waals surface area (Å²) in [6.45, 7) is 1.56. The molecule has 2 aromatic carbocycles. The first kappa shape index (κ1) is 20.0. The zero-order valence-electron chi connectivity index (χ0n) is 13.6. The normalized spacial score (nSPS) is 15.3. The zero-order chi connectivity index (χ0) is 18.5. The minimum atomic E-state index is -5.08. The van der Waals surface area contributed by atoms with Crippen LogP contribution in [0.2, 0.25) is 0 Å². The molecule has 1 atom stereocenters. The Morgan fingerprint density at radius 3 is 2.44 bits per heavy atom. The van der Waals surface area contributed by atoms with E-state index in [0.717, 1.165) is 18.4 Å². The van der Waals surface area contributed by atoms with E-state index in [1.165, 1.54) is 16.3 Å². The van der Waals surface area contributed by atoms with Crippen LogP contribution >= 0.6 is 15.6 Å². The minimum Gasteiger partial charge on any atom is -0.302 e. The highest BCUT2D eigenvalue weighted by Gasteiger charge is 2.31. The SMILES string of the molecule is C/C(=C\COP(=O)(O)OP(=O)(O)O)CCc1ccc2ccccc2c1. The summed E-state index contributed by atoms with van der Waals surface area (Å²) in [7, 11) is -9.87. The van der Waals surface area contributed by atoms with Crippen molar-refractivity contribution in [2.45, 2.75) is 19.8 Å². The highest BCUT2D eigenvalue weighted by molar-refractivity contribution is 7.60. The van der Waals surface area contributed by atoms with Crippen molar-refractivity contribution in [3.63, 3.8) is 0 Å². The molecule has 0 heterocycles. The van der Waals surface area contributed by atoms with Crippen LogP contribution in [0.4, 0.5) is 0 Å². The highest BCUT2D eigenvalue weighted by atomic mass is 31.3. The molecule has 136 valence electrons. The molecule has 0 aliphatic rings. The number of hydrogen-bond acceptors (Lipinski definition) is 4. The highest BCUT2D eigenvalue weighted by Crippen LogP contribution is 2.57. The average molecular weight is 386 g/mol. The lowest BCUT2D eigenvalue weighted by atomic mass is 10.0. The van der Waals surface area contributed by atoms with Gasteiger partial charge in [0.05, 0.1) is 6.61 Å². The maximum Gasteiger partial charge on any atom is 0.481 e. The van der Waals surface area contributed by atoms with Crippen LogP contribution in [-0.2, 0) is 24.4 Å². The summed E-state index contributed by atoms with van der Waals surface area (Å²) >= 11 is 0. The van der Waals surface area contributed by atoms with Crippen LogP contribution in [-0.4, -0.2) is 21.3 Å². The quantitative estimate of drug-likeness (QED) is 0.465. The standard InChI is InChI=1S/C16H20O7P2/c1-13(10-11-22-25(20,21)23-24(17,18)19)6-7-14-8-9-15-4-2-3-5-16(15)12-14/h2-5,8-10,12H,6-7,11H2,1H3,(H,20,21)(H2,17,18,19)/b13-10+. The monoisotopic (exact) mass is 386 g/mol. The number of fused-ring (bicyclic) bond motifs is 1. The van der Waals surface area contributed by atoms with Crippen molar-refractivity contribution in [1.29, 1.82) is 0 Å². The molecule has 0 aromatic heterocycles. The number of rotatable bonds is 8. The van der Waals surface area contributed by atoms with Gasteiger partial charge < -0.3 is 14.7 Å². The lowest BCUT2D eigenvalue weighted by Gasteiger charge is -2.11. The van der Waals surface area contributed by atoms with Crippen LogP contribution in [0.15, 0.2) is 54.1 Å². The minimum absolute atomic E-state index is 0.280. The number of phosphoric acid groups is 2. The average Bonchev–Trinajstić information content (AvgIpc) is 2.50. The molecule has 7 nitrogen and oxygen atoms in total. The number of allylic oxidation sites excluding steroid dienone is 1. The largest absolute Gasteiger partial charge is 0.481 e. The third kappa shape index (κ3) is 7.22. The number of phosphoric ester groups is 1. The Labute approximate surface area is 145 Å². The Morgan fingerprint density at radius 2 is 1.76 bits per heavy atom. The van der Waals surface area contributed by atoms with Gasteiger partial charge in [-0.2, -0.15) is 4.31 Å². The van der Waals surface area contributed by atoms with Gasteiger partial charge in [0.25, 0.3) is 0 Å². The van der Waals surface area contributed by atoms with E-state index in [-0.39, 0.29) is 6.61 Å². The van der Waals surface area contributed by atoms with Gasteiger partial charge in [0.1, 0.15) is 0 Å². The Balaban J connectivity index is 1.86. The van der Waals surface area contributed by atoms with Crippen molar-refractivity contribution in [2.24, 2.45) is 0 Å². The number of aryl methyl sites for hydroxylation is 1. The van der Waals surface area contributed by atoms with Crippen molar-refractivity contribution in [1.82, 2.24) is 0 Å². The summed E-state index contributed by atoms with van der Waals surface area (Å²) in [5.41, 5.74) is 2.09. The maximum atomic E-state index is 11.3. The van der Waals surface area contributed by atoms with E-state index in [1.807, 2.05) is 19.1 Å². The van der Waals surface area contributed by atoms with Gasteiger partial charge in [0.15, 0.2) is 0 Å². The second-order valence-corrected chi connectivity index (χ2v) is 8.40. The molecular weight excluding hydrogens is 366 g/mol. The van der Waals surface area contributed by atoms with Gasteiger partial charge >= 0.3 is 15.6 Å². The van der Waals surface area contributed by atoms with E-state index < -0.39 is 15.6 Å². The third-order valence-electron chi connectivity index (χ3n) is 3.50. The third-order valence-corrected chi connectivity index (χ3v) is 5.65. The Hall–Kier alpha value is -1.30. The van der Waals surface area contributed by atoms with Crippen molar-refractivity contribution in [3.05, 3.63) is 59.7 Å². The van der Waals surface area contributed by atoms with Crippen LogP contribution in [0.3, 0.4) is 0 Å². The van der Waals surface area contributed by atoms with Crippen LogP contribution in [0.25, 0.3) is 10.8 Å². The van der Waals surface area contributed by atoms with Crippen molar-refractivity contribution < 1.29 is 32.6 Å². The van der Waals surface area contributed by atoms with Crippen LogP contribution in [0, 0.1) is 0 Å². The van der Waals surface area contributed by atoms with E-state index in [4.69, 9.17) is 14.7 Å². The van der Waals surface area contributed by atoms with Gasteiger partial charge in [0.2, 0.25) is 0 Å². The molecule has 1 unspecified atom stereocenters. The van der Waals surface area contributed by atoms with Crippen LogP contribution in [0.5, 0.6) is 0 Å². The molecule has 0 aliphatic carbocycles. The topological polar surface area (TPSA) is 113 Å². The van der Waals surface area contributed by atoms with Crippen LogP contribution in [0.1, 0.15) is 18.9 Å². The van der Waals surface area contributed by atoms with Gasteiger partial charge in [-0.25, -0.2) is 9.13 Å². The van der Waals surface area contributed by atoms with E-state index in [9.17, 15) is 9.13 Å². The molecule has 3 N–H and O–H groups in total. The fourth-order valence-electron chi connectivity index (χ4n) is 2.27. The second-order valence-electron chi connectivity index (χ2n) is 5.57. The van der Waals surface area contributed by atoms with Gasteiger partial charge in [-0.15, -0.1) is 0 Å². The molecule has 9 heteroatoms. The van der Waals surface area contributed by atoms with Crippen LogP contribution < -0.4 is 0 Å². The summed E-state index contributed by atoms with van der Waals surface area (Å²) in [6.07, 6.45) is 3.09. The summed E-state index contributed by atoms with van der Waals surface area (Å²) in [4.78, 5) is 26.2. The van der Waals surface area contributed by atoms with Crippen molar-refractivity contribution in [2.75, 3.05) is 6.61 Å². The van der Waals surface area contributed by atoms with Gasteiger partial charge in [-0.3, -0.25) is 4.52 Å². The summed E-state index contributed by atoms with van der Waals surface area (Å²) in [6, 6.07) is 14.3. The Kier molecular flexibility index (Phi) is 6.72. The lowest BCUT2D eigenvalue weighted by molar-refractivity contribution is 0.191. The molecule has 0 bridgehead atoms. The molecule has 0 saturated carbocycles. The fraction of sp³-hybridized carbons (Fsp3) is 0.250. The van der Waals surface area contributed by atoms with E-state index in [1.54, 1.807) is 6.08 Å². The Morgan fingerprint density at radius 1 is 1.08 bits per heavy atom. The predicted octanol–water partition coefficient (Wildman–Crippen LogP) is 3.95.